The Morgan fingerprint density at radius 1 is 1.09 bits per heavy atom. The quantitative estimate of drug-likeness (QED) is 0.308. The number of sulfonamides is 1. The molecule has 0 radical (unpaired) electrons. The summed E-state index contributed by atoms with van der Waals surface area (Å²) < 4.78 is 35.8. The van der Waals surface area contributed by atoms with Crippen LogP contribution in [0.5, 0.6) is 5.75 Å². The van der Waals surface area contributed by atoms with E-state index in [1.54, 1.807) is 18.2 Å². The number of nitro groups is 1. The number of aromatic nitrogens is 2. The van der Waals surface area contributed by atoms with Crippen LogP contribution in [0.25, 0.3) is 5.65 Å². The first kappa shape index (κ1) is 21.1. The zero-order chi connectivity index (χ0) is 22.7. The van der Waals surface area contributed by atoms with Crippen LogP contribution in [-0.2, 0) is 16.6 Å². The number of hydrogen-bond acceptors (Lipinski definition) is 7. The van der Waals surface area contributed by atoms with Crippen LogP contribution >= 0.6 is 0 Å². The van der Waals surface area contributed by atoms with Crippen molar-refractivity contribution in [2.24, 2.45) is 0 Å². The molecule has 11 heteroatoms. The van der Waals surface area contributed by atoms with Gasteiger partial charge in [0.05, 0.1) is 35.6 Å². The first-order valence-electron chi connectivity index (χ1n) is 9.48. The van der Waals surface area contributed by atoms with Gasteiger partial charge in [0.15, 0.2) is 0 Å². The fourth-order valence-electron chi connectivity index (χ4n) is 3.18. The number of fused-ring (bicyclic) bond motifs is 1. The van der Waals surface area contributed by atoms with Crippen LogP contribution < -0.4 is 14.8 Å². The lowest BCUT2D eigenvalue weighted by Crippen LogP contribution is -2.16. The lowest BCUT2D eigenvalue weighted by Gasteiger charge is -2.15. The maximum Gasteiger partial charge on any atom is 0.270 e. The Morgan fingerprint density at radius 2 is 1.88 bits per heavy atom. The highest BCUT2D eigenvalue weighted by Gasteiger charge is 2.24. The standard InChI is InChI=1S/C21H19N5O5S/c1-31-19-7-3-2-6-17(19)24-32(29,30)20-12-16(26(27)28)9-10-18(20)22-13-15-14-25-11-5-4-8-21(25)23-15/h2-12,14,22,24H,13H2,1H3. The predicted molar refractivity (Wildman–Crippen MR) is 119 cm³/mol. The molecule has 2 heterocycles. The number of benzene rings is 2. The van der Waals surface area contributed by atoms with E-state index < -0.39 is 14.9 Å². The summed E-state index contributed by atoms with van der Waals surface area (Å²) in [7, 11) is -2.77. The van der Waals surface area contributed by atoms with Crippen LogP contribution in [-0.4, -0.2) is 29.8 Å². The molecule has 0 spiro atoms. The van der Waals surface area contributed by atoms with Crippen molar-refractivity contribution >= 4 is 32.7 Å². The molecule has 0 aliphatic carbocycles. The average molecular weight is 453 g/mol. The van der Waals surface area contributed by atoms with Crippen molar-refractivity contribution in [1.29, 1.82) is 0 Å². The van der Waals surface area contributed by atoms with Crippen LogP contribution in [0.2, 0.25) is 0 Å². The molecule has 0 aliphatic heterocycles. The Morgan fingerprint density at radius 3 is 2.62 bits per heavy atom. The molecule has 2 aromatic heterocycles. The number of nitro benzene ring substituents is 1. The molecule has 0 amide bonds. The van der Waals surface area contributed by atoms with Gasteiger partial charge in [-0.3, -0.25) is 14.8 Å². The normalized spacial score (nSPS) is 11.3. The molecular weight excluding hydrogens is 434 g/mol. The molecular formula is C21H19N5O5S. The van der Waals surface area contributed by atoms with Gasteiger partial charge in [0.25, 0.3) is 15.7 Å². The Hall–Kier alpha value is -4.12. The van der Waals surface area contributed by atoms with Gasteiger partial charge < -0.3 is 14.5 Å². The van der Waals surface area contributed by atoms with Crippen LogP contribution in [0.15, 0.2) is 78.0 Å². The van der Waals surface area contributed by atoms with E-state index in [1.807, 2.05) is 35.0 Å². The maximum atomic E-state index is 13.2. The molecule has 32 heavy (non-hydrogen) atoms. The third kappa shape index (κ3) is 4.32. The minimum atomic E-state index is -4.18. The van der Waals surface area contributed by atoms with Crippen molar-refractivity contribution in [2.75, 3.05) is 17.1 Å². The van der Waals surface area contributed by atoms with E-state index in [1.165, 1.54) is 25.3 Å². The van der Waals surface area contributed by atoms with Gasteiger partial charge in [0, 0.05) is 24.5 Å². The fourth-order valence-corrected chi connectivity index (χ4v) is 4.45. The second kappa shape index (κ2) is 8.55. The molecule has 10 nitrogen and oxygen atoms in total. The zero-order valence-corrected chi connectivity index (χ0v) is 17.7. The summed E-state index contributed by atoms with van der Waals surface area (Å²) in [6.45, 7) is 0.219. The van der Waals surface area contributed by atoms with Crippen LogP contribution in [0, 0.1) is 10.1 Å². The van der Waals surface area contributed by atoms with Gasteiger partial charge in [0.2, 0.25) is 0 Å². The molecule has 0 atom stereocenters. The van der Waals surface area contributed by atoms with Crippen LogP contribution in [0.1, 0.15) is 5.69 Å². The molecule has 2 N–H and O–H groups in total. The topological polar surface area (TPSA) is 128 Å². The third-order valence-electron chi connectivity index (χ3n) is 4.69. The minimum Gasteiger partial charge on any atom is -0.495 e. The highest BCUT2D eigenvalue weighted by Crippen LogP contribution is 2.31. The van der Waals surface area contributed by atoms with Crippen LogP contribution in [0.3, 0.4) is 0 Å². The Kier molecular flexibility index (Phi) is 5.65. The monoisotopic (exact) mass is 453 g/mol. The summed E-state index contributed by atoms with van der Waals surface area (Å²) >= 11 is 0. The van der Waals surface area contributed by atoms with E-state index in [9.17, 15) is 18.5 Å². The van der Waals surface area contributed by atoms with Crippen molar-refractivity contribution < 1.29 is 18.1 Å². The number of para-hydroxylation sites is 2. The fraction of sp³-hybridized carbons (Fsp3) is 0.0952. The van der Waals surface area contributed by atoms with Gasteiger partial charge >= 0.3 is 0 Å². The Labute approximate surface area is 183 Å². The summed E-state index contributed by atoms with van der Waals surface area (Å²) in [6.07, 6.45) is 3.67. The first-order valence-corrected chi connectivity index (χ1v) is 11.0. The molecule has 4 aromatic rings. The number of ether oxygens (including phenoxy) is 1. The number of nitrogens with zero attached hydrogens (tertiary/aromatic N) is 3. The minimum absolute atomic E-state index is 0.204. The van der Waals surface area contributed by atoms with Crippen molar-refractivity contribution in [3.8, 4) is 5.75 Å². The summed E-state index contributed by atoms with van der Waals surface area (Å²) in [5.74, 6) is 0.320. The smallest absolute Gasteiger partial charge is 0.270 e. The molecule has 0 unspecified atom stereocenters. The van der Waals surface area contributed by atoms with E-state index in [4.69, 9.17) is 4.74 Å². The van der Waals surface area contributed by atoms with E-state index in [0.29, 0.717) is 11.4 Å². The molecule has 2 aromatic carbocycles. The number of non-ortho nitro benzene ring substituents is 1. The highest BCUT2D eigenvalue weighted by molar-refractivity contribution is 7.93. The van der Waals surface area contributed by atoms with Crippen molar-refractivity contribution in [3.63, 3.8) is 0 Å². The van der Waals surface area contributed by atoms with Gasteiger partial charge in [0.1, 0.15) is 16.3 Å². The summed E-state index contributed by atoms with van der Waals surface area (Å²) in [5, 5.41) is 14.3. The lowest BCUT2D eigenvalue weighted by molar-refractivity contribution is -0.385. The average Bonchev–Trinajstić information content (AvgIpc) is 3.20. The summed E-state index contributed by atoms with van der Waals surface area (Å²) in [4.78, 5) is 14.8. The zero-order valence-electron chi connectivity index (χ0n) is 16.9. The van der Waals surface area contributed by atoms with Gasteiger partial charge in [-0.2, -0.15) is 0 Å². The number of rotatable bonds is 8. The molecule has 0 saturated heterocycles. The van der Waals surface area contributed by atoms with Crippen molar-refractivity contribution in [1.82, 2.24) is 9.38 Å². The molecule has 0 aliphatic rings. The van der Waals surface area contributed by atoms with E-state index >= 15 is 0 Å². The molecule has 0 saturated carbocycles. The van der Waals surface area contributed by atoms with Gasteiger partial charge in [-0.05, 0) is 30.3 Å². The largest absolute Gasteiger partial charge is 0.495 e. The summed E-state index contributed by atoms with van der Waals surface area (Å²) in [5.41, 5.74) is 1.50. The van der Waals surface area contributed by atoms with Crippen molar-refractivity contribution in [2.45, 2.75) is 11.4 Å². The number of methoxy groups -OCH3 is 1. The van der Waals surface area contributed by atoms with E-state index in [0.717, 1.165) is 11.7 Å². The predicted octanol–water partition coefficient (Wildman–Crippen LogP) is 3.66. The number of nitrogens with one attached hydrogen (secondary N) is 2. The van der Waals surface area contributed by atoms with Crippen LogP contribution in [0.4, 0.5) is 17.1 Å². The number of anilines is 2. The van der Waals surface area contributed by atoms with Gasteiger partial charge in [-0.25, -0.2) is 13.4 Å². The number of pyridine rings is 1. The SMILES string of the molecule is COc1ccccc1NS(=O)(=O)c1cc([N+](=O)[O-])ccc1NCc1cn2ccccc2n1. The summed E-state index contributed by atoms with van der Waals surface area (Å²) in [6, 6.07) is 15.7. The van der Waals surface area contributed by atoms with Gasteiger partial charge in [-0.1, -0.05) is 18.2 Å². The third-order valence-corrected chi connectivity index (χ3v) is 6.10. The molecule has 164 valence electrons. The molecule has 0 fully saturated rings. The highest BCUT2D eigenvalue weighted by atomic mass is 32.2. The maximum absolute atomic E-state index is 13.2. The number of hydrogen-bond donors (Lipinski definition) is 2. The lowest BCUT2D eigenvalue weighted by atomic mass is 10.2. The Bertz CT molecular complexity index is 1370. The Balaban J connectivity index is 1.67. The van der Waals surface area contributed by atoms with E-state index in [-0.39, 0.29) is 28.5 Å². The second-order valence-corrected chi connectivity index (χ2v) is 8.45. The van der Waals surface area contributed by atoms with E-state index in [2.05, 4.69) is 15.0 Å². The van der Waals surface area contributed by atoms with Gasteiger partial charge in [-0.15, -0.1) is 0 Å². The molecule has 4 rings (SSSR count). The first-order chi connectivity index (χ1) is 15.4. The number of imidazole rings is 1. The van der Waals surface area contributed by atoms with Crippen molar-refractivity contribution in [3.05, 3.63) is 88.9 Å². The molecule has 0 bridgehead atoms. The second-order valence-electron chi connectivity index (χ2n) is 6.80.